The maximum absolute atomic E-state index is 15.0. The van der Waals surface area contributed by atoms with Crippen molar-refractivity contribution in [2.45, 2.75) is 0 Å². The maximum atomic E-state index is 15.0. The van der Waals surface area contributed by atoms with Crippen LogP contribution in [0.25, 0.3) is 22.0 Å². The molecule has 0 bridgehead atoms. The second-order valence-electron chi connectivity index (χ2n) is 6.55. The summed E-state index contributed by atoms with van der Waals surface area (Å²) in [5, 5.41) is 16.7. The van der Waals surface area contributed by atoms with Crippen molar-refractivity contribution in [1.29, 1.82) is 5.41 Å². The third-order valence-electron chi connectivity index (χ3n) is 4.77. The van der Waals surface area contributed by atoms with Crippen LogP contribution in [0.3, 0.4) is 0 Å². The molecule has 0 saturated heterocycles. The highest BCUT2D eigenvalue weighted by atomic mass is 19.1. The van der Waals surface area contributed by atoms with Gasteiger partial charge in [0.05, 0.1) is 24.0 Å². The summed E-state index contributed by atoms with van der Waals surface area (Å²) in [6.45, 7) is 0.0834. The number of rotatable bonds is 6. The highest BCUT2D eigenvalue weighted by Crippen LogP contribution is 2.34. The van der Waals surface area contributed by atoms with Gasteiger partial charge in [0.25, 0.3) is 0 Å². The molecule has 2 N–H and O–H groups in total. The number of pyridine rings is 1. The number of carbonyl (C=O) groups is 1. The van der Waals surface area contributed by atoms with Crippen LogP contribution >= 0.6 is 0 Å². The largest absolute Gasteiger partial charge is 0.378 e. The van der Waals surface area contributed by atoms with E-state index in [0.29, 0.717) is 33.3 Å². The SMILES string of the molecule is Cn1ncc2cc(F)c(-c3cccc(NCC=O)c3C(=N)c3cccnc3)cc21. The van der Waals surface area contributed by atoms with E-state index in [-0.39, 0.29) is 12.3 Å². The number of aryl methyl sites for hydroxylation is 1. The molecule has 0 atom stereocenters. The van der Waals surface area contributed by atoms with Gasteiger partial charge in [0.1, 0.15) is 12.1 Å². The number of aldehydes is 1. The number of aromatic nitrogens is 3. The lowest BCUT2D eigenvalue weighted by atomic mass is 9.91. The maximum Gasteiger partial charge on any atom is 0.139 e. The van der Waals surface area contributed by atoms with Gasteiger partial charge >= 0.3 is 0 Å². The van der Waals surface area contributed by atoms with Crippen LogP contribution in [0.5, 0.6) is 0 Å². The molecule has 2 aromatic carbocycles. The molecule has 6 nitrogen and oxygen atoms in total. The van der Waals surface area contributed by atoms with Crippen LogP contribution in [0.4, 0.5) is 10.1 Å². The Hall–Kier alpha value is -3.87. The van der Waals surface area contributed by atoms with Gasteiger partial charge in [0.2, 0.25) is 0 Å². The van der Waals surface area contributed by atoms with Crippen LogP contribution in [-0.4, -0.2) is 33.3 Å². The third kappa shape index (κ3) is 3.38. The molecular weight excluding hydrogens is 369 g/mol. The van der Waals surface area contributed by atoms with Crippen molar-refractivity contribution in [3.05, 3.63) is 78.0 Å². The summed E-state index contributed by atoms with van der Waals surface area (Å²) in [6.07, 6.45) is 5.57. The van der Waals surface area contributed by atoms with Crippen LogP contribution in [0.1, 0.15) is 11.1 Å². The summed E-state index contributed by atoms with van der Waals surface area (Å²) in [5.74, 6) is -0.404. The molecule has 0 aliphatic heterocycles. The fourth-order valence-electron chi connectivity index (χ4n) is 3.38. The number of hydrogen-bond donors (Lipinski definition) is 2. The minimum Gasteiger partial charge on any atom is -0.378 e. The Labute approximate surface area is 166 Å². The molecule has 0 unspecified atom stereocenters. The minimum absolute atomic E-state index is 0.0834. The van der Waals surface area contributed by atoms with Crippen LogP contribution < -0.4 is 5.32 Å². The predicted molar refractivity (Wildman–Crippen MR) is 111 cm³/mol. The second-order valence-corrected chi connectivity index (χ2v) is 6.55. The molecular formula is C22H18FN5O. The summed E-state index contributed by atoms with van der Waals surface area (Å²) >= 11 is 0. The van der Waals surface area contributed by atoms with Crippen molar-refractivity contribution < 1.29 is 9.18 Å². The number of benzene rings is 2. The zero-order chi connectivity index (χ0) is 20.4. The molecule has 29 heavy (non-hydrogen) atoms. The Morgan fingerprint density at radius 1 is 1.21 bits per heavy atom. The Balaban J connectivity index is 1.96. The van der Waals surface area contributed by atoms with Crippen molar-refractivity contribution in [3.63, 3.8) is 0 Å². The first-order chi connectivity index (χ1) is 14.1. The Morgan fingerprint density at radius 2 is 2.07 bits per heavy atom. The molecule has 4 aromatic rings. The Kier molecular flexibility index (Phi) is 4.87. The van der Waals surface area contributed by atoms with Crippen molar-refractivity contribution in [3.8, 4) is 11.1 Å². The fourth-order valence-corrected chi connectivity index (χ4v) is 3.38. The average Bonchev–Trinajstić information content (AvgIpc) is 3.11. The van der Waals surface area contributed by atoms with Gasteiger partial charge in [-0.05, 0) is 35.9 Å². The summed E-state index contributed by atoms with van der Waals surface area (Å²) < 4.78 is 16.7. The van der Waals surface area contributed by atoms with Crippen molar-refractivity contribution in [1.82, 2.24) is 14.8 Å². The van der Waals surface area contributed by atoms with Crippen LogP contribution in [-0.2, 0) is 11.8 Å². The molecule has 7 heteroatoms. The van der Waals surface area contributed by atoms with Crippen LogP contribution in [0.2, 0.25) is 0 Å². The van der Waals surface area contributed by atoms with Gasteiger partial charge in [-0.25, -0.2) is 4.39 Å². The zero-order valence-corrected chi connectivity index (χ0v) is 15.7. The molecule has 2 aromatic heterocycles. The van der Waals surface area contributed by atoms with Gasteiger partial charge in [-0.15, -0.1) is 0 Å². The summed E-state index contributed by atoms with van der Waals surface area (Å²) in [7, 11) is 1.80. The molecule has 4 rings (SSSR count). The highest BCUT2D eigenvalue weighted by Gasteiger charge is 2.19. The lowest BCUT2D eigenvalue weighted by Crippen LogP contribution is -2.11. The normalized spacial score (nSPS) is 10.8. The first-order valence-electron chi connectivity index (χ1n) is 9.01. The Bertz CT molecular complexity index is 1220. The number of nitrogens with zero attached hydrogens (tertiary/aromatic N) is 3. The number of halogens is 1. The van der Waals surface area contributed by atoms with E-state index >= 15 is 4.39 Å². The van der Waals surface area contributed by atoms with E-state index in [1.165, 1.54) is 6.07 Å². The predicted octanol–water partition coefficient (Wildman–Crippen LogP) is 3.80. The smallest absolute Gasteiger partial charge is 0.139 e. The van der Waals surface area contributed by atoms with Gasteiger partial charge in [-0.2, -0.15) is 5.10 Å². The fraction of sp³-hybridized carbons (Fsp3) is 0.0909. The summed E-state index contributed by atoms with van der Waals surface area (Å²) in [4.78, 5) is 15.0. The van der Waals surface area contributed by atoms with Gasteiger partial charge in [-0.3, -0.25) is 15.1 Å². The lowest BCUT2D eigenvalue weighted by molar-refractivity contribution is -0.106. The van der Waals surface area contributed by atoms with E-state index in [1.54, 1.807) is 66.7 Å². The third-order valence-corrected chi connectivity index (χ3v) is 4.77. The zero-order valence-electron chi connectivity index (χ0n) is 15.7. The van der Waals surface area contributed by atoms with E-state index in [9.17, 15) is 4.79 Å². The Morgan fingerprint density at radius 3 is 2.83 bits per heavy atom. The van der Waals surface area contributed by atoms with Gasteiger partial charge in [0.15, 0.2) is 0 Å². The number of fused-ring (bicyclic) bond motifs is 1. The molecule has 0 radical (unpaired) electrons. The van der Waals surface area contributed by atoms with Crippen molar-refractivity contribution in [2.24, 2.45) is 7.05 Å². The molecule has 0 spiro atoms. The summed E-state index contributed by atoms with van der Waals surface area (Å²) in [6, 6.07) is 12.0. The molecule has 2 heterocycles. The molecule has 0 aliphatic carbocycles. The lowest BCUT2D eigenvalue weighted by Gasteiger charge is -2.17. The first kappa shape index (κ1) is 18.5. The second kappa shape index (κ2) is 7.63. The standard InChI is InChI=1S/C22H18FN5O/c1-28-20-11-17(18(23)10-15(20)13-27-28)16-5-2-6-19(26-8-9-29)21(16)22(24)14-4-3-7-25-12-14/h2-7,9-13,24,26H,8H2,1H3. The van der Waals surface area contributed by atoms with E-state index < -0.39 is 5.82 Å². The molecule has 0 amide bonds. The average molecular weight is 387 g/mol. The van der Waals surface area contributed by atoms with Crippen molar-refractivity contribution >= 4 is 28.6 Å². The number of nitrogens with one attached hydrogen (secondary N) is 2. The van der Waals surface area contributed by atoms with E-state index in [2.05, 4.69) is 15.4 Å². The number of hydrogen-bond acceptors (Lipinski definition) is 5. The van der Waals surface area contributed by atoms with Gasteiger partial charge < -0.3 is 10.1 Å². The summed E-state index contributed by atoms with van der Waals surface area (Å²) in [5.41, 5.74) is 3.56. The molecule has 0 fully saturated rings. The van der Waals surface area contributed by atoms with Gasteiger partial charge in [0, 0.05) is 47.2 Å². The minimum atomic E-state index is -0.404. The molecule has 0 aliphatic rings. The van der Waals surface area contributed by atoms with Crippen LogP contribution in [0, 0.1) is 11.2 Å². The first-order valence-corrected chi connectivity index (χ1v) is 9.01. The molecule has 0 saturated carbocycles. The number of anilines is 1. The number of carbonyl (C=O) groups excluding carboxylic acids is 1. The monoisotopic (exact) mass is 387 g/mol. The van der Waals surface area contributed by atoms with Crippen molar-refractivity contribution in [2.75, 3.05) is 11.9 Å². The topological polar surface area (TPSA) is 83.7 Å². The van der Waals surface area contributed by atoms with Gasteiger partial charge in [-0.1, -0.05) is 12.1 Å². The van der Waals surface area contributed by atoms with E-state index in [1.807, 2.05) is 0 Å². The highest BCUT2D eigenvalue weighted by molar-refractivity contribution is 6.18. The van der Waals surface area contributed by atoms with E-state index in [4.69, 9.17) is 5.41 Å². The van der Waals surface area contributed by atoms with E-state index in [0.717, 1.165) is 11.8 Å². The quantitative estimate of drug-likeness (QED) is 0.389. The van der Waals surface area contributed by atoms with Crippen LogP contribution in [0.15, 0.2) is 61.1 Å². The molecule has 144 valence electrons.